The van der Waals surface area contributed by atoms with Crippen molar-refractivity contribution in [1.29, 1.82) is 0 Å². The van der Waals surface area contributed by atoms with Gasteiger partial charge in [0.05, 0.1) is 18.2 Å². The molecule has 1 aliphatic rings. The lowest BCUT2D eigenvalue weighted by Gasteiger charge is -2.27. The molecule has 82 valence electrons. The first-order chi connectivity index (χ1) is 7.75. The molecule has 0 N–H and O–H groups in total. The Labute approximate surface area is 102 Å². The summed E-state index contributed by atoms with van der Waals surface area (Å²) in [6, 6.07) is 5.80. The van der Waals surface area contributed by atoms with E-state index in [4.69, 9.17) is 27.9 Å². The minimum atomic E-state index is 0.117. The Bertz CT molecular complexity index is 555. The van der Waals surface area contributed by atoms with Crippen LogP contribution in [0.4, 0.5) is 0 Å². The highest BCUT2D eigenvalue weighted by molar-refractivity contribution is 6.36. The Morgan fingerprint density at radius 2 is 2.06 bits per heavy atom. The molecule has 1 aromatic carbocycles. The van der Waals surface area contributed by atoms with E-state index in [1.807, 2.05) is 18.2 Å². The van der Waals surface area contributed by atoms with Crippen LogP contribution >= 0.6 is 23.2 Å². The first kappa shape index (κ1) is 10.3. The molecule has 0 spiro atoms. The fourth-order valence-corrected chi connectivity index (χ4v) is 2.39. The van der Waals surface area contributed by atoms with E-state index < -0.39 is 0 Å². The molecule has 2 heterocycles. The summed E-state index contributed by atoms with van der Waals surface area (Å²) in [6.07, 6.45) is 1.13. The third-order valence-corrected chi connectivity index (χ3v) is 3.17. The molecule has 16 heavy (non-hydrogen) atoms. The third kappa shape index (κ3) is 1.56. The first-order valence-electron chi connectivity index (χ1n) is 4.99. The van der Waals surface area contributed by atoms with Gasteiger partial charge in [0.1, 0.15) is 5.15 Å². The molecular formula is C11H8Cl2N2O. The molecule has 0 radical (unpaired) electrons. The van der Waals surface area contributed by atoms with Gasteiger partial charge in [-0.1, -0.05) is 23.7 Å². The maximum absolute atomic E-state index is 6.10. The Balaban J connectivity index is 2.28. The van der Waals surface area contributed by atoms with E-state index in [-0.39, 0.29) is 11.4 Å². The molecule has 1 saturated heterocycles. The van der Waals surface area contributed by atoms with Gasteiger partial charge in [-0.3, -0.25) is 0 Å². The van der Waals surface area contributed by atoms with Crippen LogP contribution in [0.25, 0.3) is 10.9 Å². The van der Waals surface area contributed by atoms with Gasteiger partial charge in [-0.05, 0) is 23.2 Å². The molecule has 2 aromatic rings. The van der Waals surface area contributed by atoms with Crippen LogP contribution in [0.5, 0.6) is 0 Å². The summed E-state index contributed by atoms with van der Waals surface area (Å²) < 4.78 is 5.46. The Kier molecular flexibility index (Phi) is 2.46. The van der Waals surface area contributed by atoms with Gasteiger partial charge in [0.25, 0.3) is 0 Å². The van der Waals surface area contributed by atoms with E-state index in [1.54, 1.807) is 0 Å². The SMILES string of the molecule is Clc1nc(Cl)c2c(C3CCO3)cccc2n1. The summed E-state index contributed by atoms with van der Waals surface area (Å²) in [5.74, 6) is 0. The van der Waals surface area contributed by atoms with Gasteiger partial charge < -0.3 is 4.74 Å². The summed E-state index contributed by atoms with van der Waals surface area (Å²) in [7, 11) is 0. The van der Waals surface area contributed by atoms with Gasteiger partial charge in [-0.2, -0.15) is 0 Å². The molecule has 0 amide bonds. The topological polar surface area (TPSA) is 35.0 Å². The van der Waals surface area contributed by atoms with E-state index in [0.717, 1.165) is 29.5 Å². The lowest BCUT2D eigenvalue weighted by molar-refractivity contribution is -0.0518. The average molecular weight is 255 g/mol. The predicted molar refractivity (Wildman–Crippen MR) is 62.9 cm³/mol. The van der Waals surface area contributed by atoms with Crippen LogP contribution in [-0.4, -0.2) is 16.6 Å². The Morgan fingerprint density at radius 3 is 2.75 bits per heavy atom. The van der Waals surface area contributed by atoms with E-state index >= 15 is 0 Å². The number of benzene rings is 1. The van der Waals surface area contributed by atoms with Gasteiger partial charge in [0.2, 0.25) is 5.28 Å². The summed E-state index contributed by atoms with van der Waals surface area (Å²) in [6.45, 7) is 0.799. The predicted octanol–water partition coefficient (Wildman–Crippen LogP) is 3.40. The number of hydrogen-bond acceptors (Lipinski definition) is 3. The molecule has 0 saturated carbocycles. The zero-order valence-corrected chi connectivity index (χ0v) is 9.79. The molecule has 1 aromatic heterocycles. The van der Waals surface area contributed by atoms with Gasteiger partial charge in [-0.15, -0.1) is 0 Å². The zero-order chi connectivity index (χ0) is 11.1. The van der Waals surface area contributed by atoms with Crippen LogP contribution in [0.1, 0.15) is 18.1 Å². The number of aromatic nitrogens is 2. The zero-order valence-electron chi connectivity index (χ0n) is 8.28. The van der Waals surface area contributed by atoms with Crippen molar-refractivity contribution in [2.24, 2.45) is 0 Å². The molecule has 1 aliphatic heterocycles. The molecule has 3 nitrogen and oxygen atoms in total. The van der Waals surface area contributed by atoms with E-state index in [2.05, 4.69) is 9.97 Å². The van der Waals surface area contributed by atoms with Crippen LogP contribution < -0.4 is 0 Å². The number of fused-ring (bicyclic) bond motifs is 1. The Morgan fingerprint density at radius 1 is 1.25 bits per heavy atom. The smallest absolute Gasteiger partial charge is 0.224 e. The van der Waals surface area contributed by atoms with Crippen molar-refractivity contribution >= 4 is 34.1 Å². The standard InChI is InChI=1S/C11H8Cl2N2O/c12-10-9-6(8-4-5-16-8)2-1-3-7(9)14-11(13)15-10/h1-3,8H,4-5H2. The molecule has 5 heteroatoms. The highest BCUT2D eigenvalue weighted by Crippen LogP contribution is 2.36. The highest BCUT2D eigenvalue weighted by Gasteiger charge is 2.23. The second kappa shape index (κ2) is 3.84. The minimum Gasteiger partial charge on any atom is -0.373 e. The number of hydrogen-bond donors (Lipinski definition) is 0. The first-order valence-corrected chi connectivity index (χ1v) is 5.74. The fraction of sp³-hybridized carbons (Fsp3) is 0.273. The number of ether oxygens (including phenoxy) is 1. The summed E-state index contributed by atoms with van der Waals surface area (Å²) >= 11 is 11.9. The second-order valence-electron chi connectivity index (χ2n) is 3.67. The van der Waals surface area contributed by atoms with Crippen molar-refractivity contribution in [2.45, 2.75) is 12.5 Å². The fourth-order valence-electron chi connectivity index (χ4n) is 1.89. The maximum atomic E-state index is 6.10. The van der Waals surface area contributed by atoms with Crippen molar-refractivity contribution in [2.75, 3.05) is 6.61 Å². The van der Waals surface area contributed by atoms with Crippen molar-refractivity contribution in [3.8, 4) is 0 Å². The lowest BCUT2D eigenvalue weighted by Crippen LogP contribution is -2.18. The van der Waals surface area contributed by atoms with E-state index in [0.29, 0.717) is 5.15 Å². The second-order valence-corrected chi connectivity index (χ2v) is 4.37. The lowest BCUT2D eigenvalue weighted by atomic mass is 9.99. The van der Waals surface area contributed by atoms with Crippen LogP contribution in [0.15, 0.2) is 18.2 Å². The van der Waals surface area contributed by atoms with Crippen LogP contribution in [0.2, 0.25) is 10.4 Å². The van der Waals surface area contributed by atoms with Gasteiger partial charge in [-0.25, -0.2) is 9.97 Å². The van der Waals surface area contributed by atoms with E-state index in [9.17, 15) is 0 Å². The van der Waals surface area contributed by atoms with Crippen molar-refractivity contribution in [3.05, 3.63) is 34.2 Å². The van der Waals surface area contributed by atoms with Crippen molar-refractivity contribution in [1.82, 2.24) is 9.97 Å². The third-order valence-electron chi connectivity index (χ3n) is 2.73. The quantitative estimate of drug-likeness (QED) is 0.578. The molecular weight excluding hydrogens is 247 g/mol. The number of rotatable bonds is 1. The maximum Gasteiger partial charge on any atom is 0.224 e. The monoisotopic (exact) mass is 254 g/mol. The van der Waals surface area contributed by atoms with Crippen LogP contribution in [0.3, 0.4) is 0 Å². The molecule has 1 atom stereocenters. The molecule has 0 bridgehead atoms. The highest BCUT2D eigenvalue weighted by atomic mass is 35.5. The average Bonchev–Trinajstić information content (AvgIpc) is 2.13. The van der Waals surface area contributed by atoms with E-state index in [1.165, 1.54) is 0 Å². The summed E-state index contributed by atoms with van der Waals surface area (Å²) in [4.78, 5) is 8.12. The van der Waals surface area contributed by atoms with Crippen LogP contribution in [-0.2, 0) is 4.74 Å². The number of nitrogens with zero attached hydrogens (tertiary/aromatic N) is 2. The van der Waals surface area contributed by atoms with Gasteiger partial charge >= 0.3 is 0 Å². The summed E-state index contributed by atoms with van der Waals surface area (Å²) in [5, 5.41) is 1.41. The van der Waals surface area contributed by atoms with Crippen LogP contribution in [0, 0.1) is 0 Å². The van der Waals surface area contributed by atoms with Crippen molar-refractivity contribution in [3.63, 3.8) is 0 Å². The number of halogens is 2. The molecule has 3 rings (SSSR count). The minimum absolute atomic E-state index is 0.117. The molecule has 0 aliphatic carbocycles. The van der Waals surface area contributed by atoms with Gasteiger partial charge in [0.15, 0.2) is 0 Å². The molecule has 1 fully saturated rings. The van der Waals surface area contributed by atoms with Crippen molar-refractivity contribution < 1.29 is 4.74 Å². The largest absolute Gasteiger partial charge is 0.373 e. The Hall–Kier alpha value is -0.900. The molecule has 1 unspecified atom stereocenters. The normalized spacial score (nSPS) is 19.8. The summed E-state index contributed by atoms with van der Waals surface area (Å²) in [5.41, 5.74) is 1.81. The van der Waals surface area contributed by atoms with Gasteiger partial charge in [0, 0.05) is 11.8 Å².